The summed E-state index contributed by atoms with van der Waals surface area (Å²) >= 11 is 1.30. The highest BCUT2D eigenvalue weighted by Gasteiger charge is 2.13. The van der Waals surface area contributed by atoms with Crippen molar-refractivity contribution in [2.45, 2.75) is 17.0 Å². The smallest absolute Gasteiger partial charge is 0.340 e. The van der Waals surface area contributed by atoms with Gasteiger partial charge in [0.15, 0.2) is 0 Å². The van der Waals surface area contributed by atoms with Gasteiger partial charge in [0.1, 0.15) is 10.1 Å². The number of ether oxygens (including phenoxy) is 1. The number of nitrogen functional groups attached to an aromatic ring is 1. The molecule has 6 nitrogen and oxygen atoms in total. The van der Waals surface area contributed by atoms with E-state index >= 15 is 0 Å². The Morgan fingerprint density at radius 1 is 1.32 bits per heavy atom. The summed E-state index contributed by atoms with van der Waals surface area (Å²) in [6, 6.07) is 1.59. The molecule has 2 N–H and O–H groups in total. The molecule has 19 heavy (non-hydrogen) atoms. The molecule has 98 valence electrons. The molecule has 2 rings (SSSR count). The average Bonchev–Trinajstić information content (AvgIpc) is 2.42. The maximum atomic E-state index is 11.7. The standard InChI is InChI=1S/C12H12N4O2S/c1-2-18-12(17)8-5-10(16-6-9(8)13)19-11-7-14-3-4-15-11/h3-7H,2,13H2,1H3. The van der Waals surface area contributed by atoms with E-state index in [2.05, 4.69) is 15.0 Å². The lowest BCUT2D eigenvalue weighted by Crippen LogP contribution is -2.08. The monoisotopic (exact) mass is 276 g/mol. The van der Waals surface area contributed by atoms with E-state index in [9.17, 15) is 4.79 Å². The lowest BCUT2D eigenvalue weighted by molar-refractivity contribution is 0.0527. The van der Waals surface area contributed by atoms with Crippen LogP contribution in [-0.4, -0.2) is 27.5 Å². The number of nitrogens with two attached hydrogens (primary N) is 1. The van der Waals surface area contributed by atoms with E-state index in [1.54, 1.807) is 31.6 Å². The van der Waals surface area contributed by atoms with Crippen LogP contribution in [0.3, 0.4) is 0 Å². The van der Waals surface area contributed by atoms with Crippen molar-refractivity contribution in [3.63, 3.8) is 0 Å². The van der Waals surface area contributed by atoms with Crippen molar-refractivity contribution in [3.05, 3.63) is 36.4 Å². The zero-order valence-electron chi connectivity index (χ0n) is 10.2. The molecule has 0 atom stereocenters. The zero-order chi connectivity index (χ0) is 13.7. The van der Waals surface area contributed by atoms with Crippen LogP contribution < -0.4 is 5.73 Å². The number of anilines is 1. The lowest BCUT2D eigenvalue weighted by Gasteiger charge is -2.06. The Hall–Kier alpha value is -2.15. The quantitative estimate of drug-likeness (QED) is 0.851. The highest BCUT2D eigenvalue weighted by atomic mass is 32.2. The topological polar surface area (TPSA) is 91.0 Å². The minimum Gasteiger partial charge on any atom is -0.462 e. The van der Waals surface area contributed by atoms with E-state index in [0.717, 1.165) is 0 Å². The van der Waals surface area contributed by atoms with Gasteiger partial charge in [0.05, 0.1) is 30.3 Å². The molecular formula is C12H12N4O2S. The summed E-state index contributed by atoms with van der Waals surface area (Å²) in [4.78, 5) is 23.9. The van der Waals surface area contributed by atoms with E-state index < -0.39 is 5.97 Å². The van der Waals surface area contributed by atoms with Gasteiger partial charge in [-0.3, -0.25) is 4.98 Å². The summed E-state index contributed by atoms with van der Waals surface area (Å²) in [5.41, 5.74) is 6.32. The number of hydrogen-bond donors (Lipinski definition) is 1. The first-order chi connectivity index (χ1) is 9.20. The molecule has 0 aromatic carbocycles. The minimum absolute atomic E-state index is 0.293. The number of nitrogens with zero attached hydrogens (tertiary/aromatic N) is 3. The third-order valence-corrected chi connectivity index (χ3v) is 3.01. The molecule has 0 spiro atoms. The molecule has 0 bridgehead atoms. The summed E-state index contributed by atoms with van der Waals surface area (Å²) in [7, 11) is 0. The molecule has 0 amide bonds. The second-order valence-corrected chi connectivity index (χ2v) is 4.52. The van der Waals surface area contributed by atoms with Gasteiger partial charge in [-0.15, -0.1) is 0 Å². The molecule has 0 saturated heterocycles. The van der Waals surface area contributed by atoms with Crippen molar-refractivity contribution in [2.24, 2.45) is 0 Å². The van der Waals surface area contributed by atoms with Crippen LogP contribution in [0.25, 0.3) is 0 Å². The highest BCUT2D eigenvalue weighted by molar-refractivity contribution is 7.99. The fourth-order valence-corrected chi connectivity index (χ4v) is 2.06. The van der Waals surface area contributed by atoms with Crippen molar-refractivity contribution in [3.8, 4) is 0 Å². The number of aromatic nitrogens is 3. The lowest BCUT2D eigenvalue weighted by atomic mass is 10.2. The molecule has 0 fully saturated rings. The Bertz CT molecular complexity index is 577. The maximum Gasteiger partial charge on any atom is 0.340 e. The molecule has 7 heteroatoms. The Kier molecular flexibility index (Phi) is 4.30. The third kappa shape index (κ3) is 3.41. The van der Waals surface area contributed by atoms with Crippen LogP contribution in [0, 0.1) is 0 Å². The van der Waals surface area contributed by atoms with Crippen molar-refractivity contribution in [2.75, 3.05) is 12.3 Å². The number of esters is 1. The highest BCUT2D eigenvalue weighted by Crippen LogP contribution is 2.25. The molecule has 0 aliphatic carbocycles. The molecule has 2 heterocycles. The number of rotatable bonds is 4. The van der Waals surface area contributed by atoms with E-state index in [1.165, 1.54) is 18.0 Å². The molecule has 0 radical (unpaired) electrons. The van der Waals surface area contributed by atoms with Gasteiger partial charge in [0.2, 0.25) is 0 Å². The third-order valence-electron chi connectivity index (χ3n) is 2.15. The normalized spacial score (nSPS) is 10.2. The van der Waals surface area contributed by atoms with Gasteiger partial charge >= 0.3 is 5.97 Å². The van der Waals surface area contributed by atoms with Gasteiger partial charge in [0, 0.05) is 12.4 Å². The SMILES string of the molecule is CCOC(=O)c1cc(Sc2cnccn2)ncc1N. The Labute approximate surface area is 114 Å². The van der Waals surface area contributed by atoms with E-state index in [-0.39, 0.29) is 0 Å². The van der Waals surface area contributed by atoms with Gasteiger partial charge < -0.3 is 10.5 Å². The number of hydrogen-bond acceptors (Lipinski definition) is 7. The Morgan fingerprint density at radius 3 is 2.84 bits per heavy atom. The van der Waals surface area contributed by atoms with Crippen molar-refractivity contribution in [1.82, 2.24) is 15.0 Å². The summed E-state index contributed by atoms with van der Waals surface area (Å²) in [5, 5.41) is 1.30. The molecule has 0 aliphatic heterocycles. The Balaban J connectivity index is 2.23. The van der Waals surface area contributed by atoms with Gasteiger partial charge in [-0.25, -0.2) is 14.8 Å². The number of carbonyl (C=O) groups excluding carboxylic acids is 1. The van der Waals surface area contributed by atoms with Crippen molar-refractivity contribution in [1.29, 1.82) is 0 Å². The van der Waals surface area contributed by atoms with Gasteiger partial charge in [0.25, 0.3) is 0 Å². The van der Waals surface area contributed by atoms with Crippen molar-refractivity contribution < 1.29 is 9.53 Å². The summed E-state index contributed by atoms with van der Waals surface area (Å²) in [6.45, 7) is 2.04. The second kappa shape index (κ2) is 6.14. The molecular weight excluding hydrogens is 264 g/mol. The maximum absolute atomic E-state index is 11.7. The Morgan fingerprint density at radius 2 is 2.16 bits per heavy atom. The first-order valence-electron chi connectivity index (χ1n) is 5.57. The van der Waals surface area contributed by atoms with E-state index in [4.69, 9.17) is 10.5 Å². The van der Waals surface area contributed by atoms with Gasteiger partial charge in [-0.2, -0.15) is 0 Å². The molecule has 2 aromatic heterocycles. The molecule has 0 saturated carbocycles. The van der Waals surface area contributed by atoms with Crippen LogP contribution >= 0.6 is 11.8 Å². The van der Waals surface area contributed by atoms with Crippen LogP contribution in [0.5, 0.6) is 0 Å². The zero-order valence-corrected chi connectivity index (χ0v) is 11.1. The number of pyridine rings is 1. The first-order valence-corrected chi connectivity index (χ1v) is 6.39. The van der Waals surface area contributed by atoms with Crippen LogP contribution in [0.2, 0.25) is 0 Å². The summed E-state index contributed by atoms with van der Waals surface area (Å²) in [6.07, 6.45) is 6.23. The first kappa shape index (κ1) is 13.3. The molecule has 2 aromatic rings. The predicted molar refractivity (Wildman–Crippen MR) is 70.8 cm³/mol. The molecule has 0 aliphatic rings. The van der Waals surface area contributed by atoms with Crippen LogP contribution in [0.4, 0.5) is 5.69 Å². The van der Waals surface area contributed by atoms with Crippen LogP contribution in [0.15, 0.2) is 40.9 Å². The average molecular weight is 276 g/mol. The largest absolute Gasteiger partial charge is 0.462 e. The van der Waals surface area contributed by atoms with Crippen molar-refractivity contribution >= 4 is 23.4 Å². The van der Waals surface area contributed by atoms with Crippen LogP contribution in [-0.2, 0) is 4.74 Å². The second-order valence-electron chi connectivity index (χ2n) is 3.48. The fraction of sp³-hybridized carbons (Fsp3) is 0.167. The summed E-state index contributed by atoms with van der Waals surface area (Å²) < 4.78 is 4.93. The van der Waals surface area contributed by atoms with Gasteiger partial charge in [-0.1, -0.05) is 0 Å². The molecule has 0 unspecified atom stereocenters. The van der Waals surface area contributed by atoms with Crippen LogP contribution in [0.1, 0.15) is 17.3 Å². The number of carbonyl (C=O) groups is 1. The fourth-order valence-electron chi connectivity index (χ4n) is 1.33. The van der Waals surface area contributed by atoms with E-state index in [1.807, 2.05) is 0 Å². The predicted octanol–water partition coefficient (Wildman–Crippen LogP) is 1.78. The minimum atomic E-state index is -0.455. The summed E-state index contributed by atoms with van der Waals surface area (Å²) in [5.74, 6) is -0.455. The van der Waals surface area contributed by atoms with E-state index in [0.29, 0.717) is 27.9 Å². The van der Waals surface area contributed by atoms with Gasteiger partial charge in [-0.05, 0) is 24.8 Å².